The van der Waals surface area contributed by atoms with Gasteiger partial charge >= 0.3 is 11.9 Å². The summed E-state index contributed by atoms with van der Waals surface area (Å²) in [4.78, 5) is 23.6. The van der Waals surface area contributed by atoms with Gasteiger partial charge < -0.3 is 10.1 Å². The molecule has 0 amide bonds. The zero-order chi connectivity index (χ0) is 16.5. The molecule has 2 aliphatic heterocycles. The summed E-state index contributed by atoms with van der Waals surface area (Å²) in [6.45, 7) is 10.1. The average molecular weight is 303 g/mol. The minimum absolute atomic E-state index is 0.468. The van der Waals surface area contributed by atoms with Gasteiger partial charge in [-0.2, -0.15) is 0 Å². The highest BCUT2D eigenvalue weighted by atomic mass is 16.6. The van der Waals surface area contributed by atoms with E-state index in [4.69, 9.17) is 4.74 Å². The molecule has 0 aliphatic carbocycles. The third-order valence-corrected chi connectivity index (χ3v) is 3.29. The van der Waals surface area contributed by atoms with Crippen molar-refractivity contribution >= 4 is 11.9 Å². The molecule has 0 aromatic heterocycles. The predicted molar refractivity (Wildman–Crippen MR) is 88.1 cm³/mol. The van der Waals surface area contributed by atoms with Crippen LogP contribution in [0.5, 0.6) is 0 Å². The Balaban J connectivity index is 0.000000714. The molecule has 2 atom stereocenters. The molecule has 22 heavy (non-hydrogen) atoms. The summed E-state index contributed by atoms with van der Waals surface area (Å²) in [7, 11) is 0. The van der Waals surface area contributed by atoms with Crippen LogP contribution in [-0.2, 0) is 14.3 Å². The summed E-state index contributed by atoms with van der Waals surface area (Å²) in [6.07, 6.45) is 11.1. The van der Waals surface area contributed by atoms with Crippen molar-refractivity contribution in [3.05, 3.63) is 47.6 Å². The largest absolute Gasteiger partial charge is 0.392 e. The summed E-state index contributed by atoms with van der Waals surface area (Å²) >= 11 is 0. The van der Waals surface area contributed by atoms with Gasteiger partial charge in [0, 0.05) is 13.1 Å². The van der Waals surface area contributed by atoms with Crippen molar-refractivity contribution in [1.82, 2.24) is 5.32 Å². The standard InChI is InChI=1S/C16H20O3.C2H5N/c1-5-8-11(4)12(9-6-2)14-13(10-7-3)15(17)19-16(14)18;1-2-3-1/h5-10,13-14H,1-4H3;3H,1-2H2/b8-5+,9-6+,10-7+,12-11-;. The van der Waals surface area contributed by atoms with Gasteiger partial charge in [0.05, 0.1) is 11.8 Å². The second-order valence-corrected chi connectivity index (χ2v) is 5.16. The molecule has 2 heterocycles. The molecule has 4 heteroatoms. The van der Waals surface area contributed by atoms with E-state index in [9.17, 15) is 9.59 Å². The fraction of sp³-hybridized carbons (Fsp3) is 0.444. The summed E-state index contributed by atoms with van der Waals surface area (Å²) in [5.74, 6) is -2.01. The molecule has 4 nitrogen and oxygen atoms in total. The highest BCUT2D eigenvalue weighted by Crippen LogP contribution is 2.33. The van der Waals surface area contributed by atoms with E-state index in [1.807, 2.05) is 52.0 Å². The molecule has 0 bridgehead atoms. The molecule has 0 aromatic rings. The molecule has 2 aliphatic rings. The monoisotopic (exact) mass is 303 g/mol. The van der Waals surface area contributed by atoms with Gasteiger partial charge in [0.15, 0.2) is 0 Å². The number of ether oxygens (including phenoxy) is 1. The van der Waals surface area contributed by atoms with E-state index in [1.54, 1.807) is 12.2 Å². The molecular formula is C18H25NO3. The van der Waals surface area contributed by atoms with Crippen molar-refractivity contribution in [3.8, 4) is 0 Å². The molecule has 0 spiro atoms. The molecule has 2 unspecified atom stereocenters. The second-order valence-electron chi connectivity index (χ2n) is 5.16. The van der Waals surface area contributed by atoms with Gasteiger partial charge in [-0.25, -0.2) is 0 Å². The van der Waals surface area contributed by atoms with Crippen LogP contribution in [0.4, 0.5) is 0 Å². The number of hydrogen-bond donors (Lipinski definition) is 1. The van der Waals surface area contributed by atoms with Crippen LogP contribution in [0.1, 0.15) is 27.7 Å². The van der Waals surface area contributed by atoms with Crippen molar-refractivity contribution in [3.63, 3.8) is 0 Å². The summed E-state index contributed by atoms with van der Waals surface area (Å²) in [5, 5.41) is 3.00. The highest BCUT2D eigenvalue weighted by Gasteiger charge is 2.44. The Morgan fingerprint density at radius 1 is 1.05 bits per heavy atom. The predicted octanol–water partition coefficient (Wildman–Crippen LogP) is 2.94. The Morgan fingerprint density at radius 2 is 1.64 bits per heavy atom. The lowest BCUT2D eigenvalue weighted by Crippen LogP contribution is -2.18. The normalized spacial score (nSPS) is 25.5. The maximum atomic E-state index is 11.9. The minimum atomic E-state index is -0.545. The third-order valence-electron chi connectivity index (χ3n) is 3.29. The molecule has 0 radical (unpaired) electrons. The molecule has 2 fully saturated rings. The Morgan fingerprint density at radius 3 is 2.09 bits per heavy atom. The molecule has 0 aromatic carbocycles. The van der Waals surface area contributed by atoms with Gasteiger partial charge in [0.25, 0.3) is 0 Å². The van der Waals surface area contributed by atoms with Crippen LogP contribution in [0.3, 0.4) is 0 Å². The van der Waals surface area contributed by atoms with E-state index in [-0.39, 0.29) is 0 Å². The van der Waals surface area contributed by atoms with Gasteiger partial charge in [-0.05, 0) is 38.8 Å². The number of hydrogen-bond acceptors (Lipinski definition) is 4. The highest BCUT2D eigenvalue weighted by molar-refractivity contribution is 5.99. The number of nitrogens with one attached hydrogen (secondary N) is 1. The van der Waals surface area contributed by atoms with Crippen LogP contribution in [-0.4, -0.2) is 25.0 Å². The molecule has 120 valence electrons. The fourth-order valence-corrected chi connectivity index (χ4v) is 2.24. The maximum absolute atomic E-state index is 11.9. The second kappa shape index (κ2) is 9.15. The Labute approximate surface area is 132 Å². The van der Waals surface area contributed by atoms with Crippen LogP contribution < -0.4 is 5.32 Å². The van der Waals surface area contributed by atoms with E-state index in [0.717, 1.165) is 11.1 Å². The molecule has 1 N–H and O–H groups in total. The van der Waals surface area contributed by atoms with Crippen LogP contribution in [0.15, 0.2) is 47.6 Å². The van der Waals surface area contributed by atoms with Crippen molar-refractivity contribution in [2.45, 2.75) is 27.7 Å². The van der Waals surface area contributed by atoms with Gasteiger partial charge in [0.1, 0.15) is 0 Å². The molecule has 2 saturated heterocycles. The lowest BCUT2D eigenvalue weighted by molar-refractivity contribution is -0.153. The first-order chi connectivity index (χ1) is 10.6. The lowest BCUT2D eigenvalue weighted by Gasteiger charge is -2.14. The Bertz CT molecular complexity index is 522. The minimum Gasteiger partial charge on any atom is -0.392 e. The third kappa shape index (κ3) is 5.11. The first-order valence-corrected chi connectivity index (χ1v) is 7.62. The van der Waals surface area contributed by atoms with Crippen LogP contribution in [0, 0.1) is 11.8 Å². The number of allylic oxidation sites excluding steroid dienone is 6. The summed E-state index contributed by atoms with van der Waals surface area (Å²) in [6, 6.07) is 0. The quantitative estimate of drug-likeness (QED) is 0.285. The Kier molecular flexibility index (Phi) is 7.54. The zero-order valence-corrected chi connectivity index (χ0v) is 13.8. The van der Waals surface area contributed by atoms with Gasteiger partial charge in [-0.15, -0.1) is 0 Å². The smallest absolute Gasteiger partial charge is 0.322 e. The number of carbonyl (C=O) groups excluding carboxylic acids is 2. The van der Waals surface area contributed by atoms with Gasteiger partial charge in [-0.1, -0.05) is 36.5 Å². The number of esters is 2. The van der Waals surface area contributed by atoms with E-state index >= 15 is 0 Å². The van der Waals surface area contributed by atoms with Crippen molar-refractivity contribution in [2.75, 3.05) is 13.1 Å². The maximum Gasteiger partial charge on any atom is 0.322 e. The number of rotatable bonds is 4. The molecule has 2 rings (SSSR count). The Hall–Kier alpha value is -1.94. The molecular weight excluding hydrogens is 278 g/mol. The SMILES string of the molecule is C/C=C/C(C)=C(/C=C/C)C1C(=O)OC(=O)C1/C=C/C.C1CN1. The van der Waals surface area contributed by atoms with E-state index < -0.39 is 23.8 Å². The van der Waals surface area contributed by atoms with Crippen LogP contribution in [0.2, 0.25) is 0 Å². The van der Waals surface area contributed by atoms with E-state index in [0.29, 0.717) is 0 Å². The van der Waals surface area contributed by atoms with Crippen LogP contribution in [0.25, 0.3) is 0 Å². The van der Waals surface area contributed by atoms with E-state index in [1.165, 1.54) is 13.1 Å². The summed E-state index contributed by atoms with van der Waals surface area (Å²) < 4.78 is 4.77. The van der Waals surface area contributed by atoms with Gasteiger partial charge in [-0.3, -0.25) is 9.59 Å². The molecule has 0 saturated carbocycles. The van der Waals surface area contributed by atoms with Crippen molar-refractivity contribution in [2.24, 2.45) is 11.8 Å². The number of carbonyl (C=O) groups is 2. The van der Waals surface area contributed by atoms with Crippen LogP contribution >= 0.6 is 0 Å². The zero-order valence-electron chi connectivity index (χ0n) is 13.8. The van der Waals surface area contributed by atoms with E-state index in [2.05, 4.69) is 5.32 Å². The lowest BCUT2D eigenvalue weighted by atomic mass is 9.84. The topological polar surface area (TPSA) is 65.3 Å². The van der Waals surface area contributed by atoms with Crippen molar-refractivity contribution < 1.29 is 14.3 Å². The van der Waals surface area contributed by atoms with Crippen molar-refractivity contribution in [1.29, 1.82) is 0 Å². The summed E-state index contributed by atoms with van der Waals surface area (Å²) in [5.41, 5.74) is 1.80. The average Bonchev–Trinajstić information content (AvgIpc) is 3.31. The first-order valence-electron chi connectivity index (χ1n) is 7.62. The first kappa shape index (κ1) is 18.1. The number of cyclic esters (lactones) is 2. The fourth-order valence-electron chi connectivity index (χ4n) is 2.24. The van der Waals surface area contributed by atoms with Gasteiger partial charge in [0.2, 0.25) is 0 Å².